The number of nitrogens with zero attached hydrogens (tertiary/aromatic N) is 5. The van der Waals surface area contributed by atoms with Crippen molar-refractivity contribution in [3.63, 3.8) is 0 Å². The van der Waals surface area contributed by atoms with Crippen molar-refractivity contribution >= 4 is 32.8 Å². The standard InChI is InChI=1S/C23H15ClFN7O3S/c1-35-23-19(8-14(24)10-29-23)36(33,34)31-17-4-3-16(25)20(15(17)9-26)13-2-5-18-21(22-27-6-7-28-22)30-12-32(18)11-13/h2-8,10-12,31H,1H3,(H,27,28). The van der Waals surface area contributed by atoms with Gasteiger partial charge in [-0.3, -0.25) is 4.72 Å². The fourth-order valence-corrected chi connectivity index (χ4v) is 5.18. The van der Waals surface area contributed by atoms with E-state index in [2.05, 4.69) is 24.7 Å². The molecule has 0 aliphatic heterocycles. The summed E-state index contributed by atoms with van der Waals surface area (Å²) in [6.45, 7) is 0. The Bertz CT molecular complexity index is 1760. The zero-order chi connectivity index (χ0) is 25.4. The monoisotopic (exact) mass is 523 g/mol. The number of nitriles is 1. The molecule has 10 nitrogen and oxygen atoms in total. The highest BCUT2D eigenvalue weighted by Crippen LogP contribution is 2.35. The van der Waals surface area contributed by atoms with Crippen molar-refractivity contribution in [2.45, 2.75) is 4.90 Å². The number of pyridine rings is 2. The molecule has 0 aliphatic rings. The minimum absolute atomic E-state index is 0.0685. The summed E-state index contributed by atoms with van der Waals surface area (Å²) in [7, 11) is -3.04. The zero-order valence-electron chi connectivity index (χ0n) is 18.4. The molecule has 0 atom stereocenters. The summed E-state index contributed by atoms with van der Waals surface area (Å²) in [5.41, 5.74) is 1.21. The lowest BCUT2D eigenvalue weighted by Gasteiger charge is -2.15. The van der Waals surface area contributed by atoms with E-state index in [1.165, 1.54) is 25.7 Å². The van der Waals surface area contributed by atoms with Crippen LogP contribution < -0.4 is 9.46 Å². The van der Waals surface area contributed by atoms with Gasteiger partial charge in [-0.15, -0.1) is 0 Å². The Kier molecular flexibility index (Phi) is 5.79. The molecule has 180 valence electrons. The largest absolute Gasteiger partial charge is 0.480 e. The first-order chi connectivity index (χ1) is 17.3. The van der Waals surface area contributed by atoms with Gasteiger partial charge < -0.3 is 14.1 Å². The highest BCUT2D eigenvalue weighted by molar-refractivity contribution is 7.92. The molecule has 5 rings (SSSR count). The zero-order valence-corrected chi connectivity index (χ0v) is 20.0. The third kappa shape index (κ3) is 4.00. The molecule has 0 saturated carbocycles. The predicted molar refractivity (Wildman–Crippen MR) is 129 cm³/mol. The van der Waals surface area contributed by atoms with Crippen molar-refractivity contribution in [2.24, 2.45) is 0 Å². The second-order valence-electron chi connectivity index (χ2n) is 7.46. The third-order valence-electron chi connectivity index (χ3n) is 5.32. The van der Waals surface area contributed by atoms with E-state index in [1.54, 1.807) is 35.1 Å². The van der Waals surface area contributed by atoms with Crippen molar-refractivity contribution in [1.29, 1.82) is 5.26 Å². The van der Waals surface area contributed by atoms with Crippen molar-refractivity contribution < 1.29 is 17.5 Å². The summed E-state index contributed by atoms with van der Waals surface area (Å²) in [4.78, 5) is 15.1. The molecule has 0 aliphatic carbocycles. The molecular formula is C23H15ClFN7O3S. The molecule has 2 N–H and O–H groups in total. The molecule has 36 heavy (non-hydrogen) atoms. The molecule has 5 aromatic rings. The van der Waals surface area contributed by atoms with Crippen molar-refractivity contribution in [1.82, 2.24) is 24.3 Å². The Morgan fingerprint density at radius 1 is 1.22 bits per heavy atom. The van der Waals surface area contributed by atoms with Gasteiger partial charge in [-0.2, -0.15) is 5.26 Å². The fraction of sp³-hybridized carbons (Fsp3) is 0.0435. The van der Waals surface area contributed by atoms with Crippen LogP contribution in [-0.2, 0) is 10.0 Å². The average Bonchev–Trinajstić information content (AvgIpc) is 3.54. The Morgan fingerprint density at radius 3 is 2.78 bits per heavy atom. The Morgan fingerprint density at radius 2 is 2.06 bits per heavy atom. The van der Waals surface area contributed by atoms with Gasteiger partial charge in [0.1, 0.15) is 23.9 Å². The number of hydrogen-bond donors (Lipinski definition) is 2. The lowest BCUT2D eigenvalue weighted by molar-refractivity contribution is 0.385. The number of nitrogens with one attached hydrogen (secondary N) is 2. The highest BCUT2D eigenvalue weighted by Gasteiger charge is 2.25. The molecule has 4 heterocycles. The second-order valence-corrected chi connectivity index (χ2v) is 9.55. The molecule has 0 amide bonds. The first-order valence-electron chi connectivity index (χ1n) is 10.2. The number of ether oxygens (including phenoxy) is 1. The van der Waals surface area contributed by atoms with E-state index in [-0.39, 0.29) is 32.6 Å². The quantitative estimate of drug-likeness (QED) is 0.339. The number of aromatic nitrogens is 5. The smallest absolute Gasteiger partial charge is 0.267 e. The van der Waals surface area contributed by atoms with Gasteiger partial charge in [0.05, 0.1) is 28.9 Å². The number of halogens is 2. The normalized spacial score (nSPS) is 11.4. The molecular weight excluding hydrogens is 509 g/mol. The van der Waals surface area contributed by atoms with Crippen LogP contribution in [0.1, 0.15) is 5.56 Å². The number of fused-ring (bicyclic) bond motifs is 1. The number of rotatable bonds is 6. The Labute approximate surface area is 209 Å². The molecule has 0 unspecified atom stereocenters. The number of benzene rings is 1. The number of methoxy groups -OCH3 is 1. The second kappa shape index (κ2) is 8.95. The minimum atomic E-state index is -4.30. The number of aromatic amines is 1. The van der Waals surface area contributed by atoms with E-state index < -0.39 is 15.8 Å². The van der Waals surface area contributed by atoms with E-state index in [1.807, 2.05) is 6.07 Å². The maximum absolute atomic E-state index is 15.0. The SMILES string of the molecule is COc1ncc(Cl)cc1S(=O)(=O)Nc1ccc(F)c(-c2ccc3c(-c4ncc[nH]4)ncn3c2)c1C#N. The molecule has 0 spiro atoms. The van der Waals surface area contributed by atoms with Crippen LogP contribution >= 0.6 is 11.6 Å². The van der Waals surface area contributed by atoms with E-state index >= 15 is 4.39 Å². The number of hydrogen-bond acceptors (Lipinski definition) is 7. The van der Waals surface area contributed by atoms with Gasteiger partial charge in [0.25, 0.3) is 10.0 Å². The van der Waals surface area contributed by atoms with Crippen LogP contribution in [0.4, 0.5) is 10.1 Å². The summed E-state index contributed by atoms with van der Waals surface area (Å²) in [5.74, 6) is -0.329. The number of anilines is 1. The van der Waals surface area contributed by atoms with E-state index in [0.29, 0.717) is 22.6 Å². The molecule has 0 fully saturated rings. The summed E-state index contributed by atoms with van der Waals surface area (Å²) in [6, 6.07) is 8.65. The van der Waals surface area contributed by atoms with Crippen LogP contribution in [0.15, 0.2) is 66.3 Å². The van der Waals surface area contributed by atoms with Crippen LogP contribution in [-0.4, -0.2) is 39.9 Å². The molecule has 1 aromatic carbocycles. The Balaban J connectivity index is 1.60. The van der Waals surface area contributed by atoms with Gasteiger partial charge in [-0.05, 0) is 24.3 Å². The summed E-state index contributed by atoms with van der Waals surface area (Å²) < 4.78 is 50.3. The molecule has 13 heteroatoms. The van der Waals surface area contributed by atoms with Crippen LogP contribution in [0.25, 0.3) is 28.2 Å². The third-order valence-corrected chi connectivity index (χ3v) is 6.89. The minimum Gasteiger partial charge on any atom is -0.480 e. The number of imidazole rings is 2. The first-order valence-corrected chi connectivity index (χ1v) is 12.1. The maximum atomic E-state index is 15.0. The maximum Gasteiger partial charge on any atom is 0.267 e. The van der Waals surface area contributed by atoms with Crippen LogP contribution in [0, 0.1) is 17.1 Å². The molecule has 0 radical (unpaired) electrons. The van der Waals surface area contributed by atoms with Gasteiger partial charge in [0.2, 0.25) is 5.88 Å². The average molecular weight is 524 g/mol. The van der Waals surface area contributed by atoms with Gasteiger partial charge in [-0.1, -0.05) is 17.7 Å². The molecule has 4 aromatic heterocycles. The van der Waals surface area contributed by atoms with Crippen LogP contribution in [0.2, 0.25) is 5.02 Å². The van der Waals surface area contributed by atoms with E-state index in [0.717, 1.165) is 12.1 Å². The summed E-state index contributed by atoms with van der Waals surface area (Å²) in [5, 5.41) is 9.97. The Hall–Kier alpha value is -4.47. The van der Waals surface area contributed by atoms with Gasteiger partial charge in [0, 0.05) is 35.9 Å². The van der Waals surface area contributed by atoms with Crippen molar-refractivity contribution in [3.8, 4) is 34.6 Å². The van der Waals surface area contributed by atoms with E-state index in [9.17, 15) is 13.7 Å². The van der Waals surface area contributed by atoms with Crippen LogP contribution in [0.3, 0.4) is 0 Å². The topological polar surface area (TPSA) is 138 Å². The first kappa shape index (κ1) is 23.3. The van der Waals surface area contributed by atoms with Gasteiger partial charge >= 0.3 is 0 Å². The van der Waals surface area contributed by atoms with Gasteiger partial charge in [0.15, 0.2) is 10.7 Å². The summed E-state index contributed by atoms with van der Waals surface area (Å²) in [6.07, 6.45) is 7.64. The van der Waals surface area contributed by atoms with E-state index in [4.69, 9.17) is 16.3 Å². The van der Waals surface area contributed by atoms with Crippen molar-refractivity contribution in [3.05, 3.63) is 77.8 Å². The van der Waals surface area contributed by atoms with Gasteiger partial charge in [-0.25, -0.2) is 27.8 Å². The van der Waals surface area contributed by atoms with Crippen molar-refractivity contribution in [2.75, 3.05) is 11.8 Å². The lowest BCUT2D eigenvalue weighted by atomic mass is 9.99. The lowest BCUT2D eigenvalue weighted by Crippen LogP contribution is -2.16. The number of sulfonamides is 1. The number of H-pyrrole nitrogens is 1. The van der Waals surface area contributed by atoms with Crippen LogP contribution in [0.5, 0.6) is 5.88 Å². The fourth-order valence-electron chi connectivity index (χ4n) is 3.74. The highest BCUT2D eigenvalue weighted by atomic mass is 35.5. The molecule has 0 bridgehead atoms. The molecule has 0 saturated heterocycles. The summed E-state index contributed by atoms with van der Waals surface area (Å²) >= 11 is 5.92. The predicted octanol–water partition coefficient (Wildman–Crippen LogP) is 4.26.